The van der Waals surface area contributed by atoms with E-state index in [1.54, 1.807) is 30.3 Å². The first-order valence-electron chi connectivity index (χ1n) is 7.14. The van der Waals surface area contributed by atoms with Gasteiger partial charge in [0.2, 0.25) is 9.84 Å². The van der Waals surface area contributed by atoms with Gasteiger partial charge in [-0.25, -0.2) is 8.42 Å². The standard InChI is InChI=1S/C18H19BrO2S/c1-15(22(20,21)18-10-6-3-7-11-18)14-17(12-13-19)16-8-4-2-5-9-16/h2-11,17H,1,12-14H2. The number of rotatable bonds is 7. The number of hydrogen-bond donors (Lipinski definition) is 0. The summed E-state index contributed by atoms with van der Waals surface area (Å²) in [6.45, 7) is 3.85. The fourth-order valence-corrected chi connectivity index (χ4v) is 4.22. The van der Waals surface area contributed by atoms with Gasteiger partial charge in [-0.05, 0) is 36.5 Å². The number of sulfone groups is 1. The summed E-state index contributed by atoms with van der Waals surface area (Å²) in [5, 5.41) is 0.825. The van der Waals surface area contributed by atoms with Gasteiger partial charge in [0.25, 0.3) is 0 Å². The van der Waals surface area contributed by atoms with Gasteiger partial charge in [0.05, 0.1) is 4.90 Å². The fourth-order valence-electron chi connectivity index (χ4n) is 2.39. The Morgan fingerprint density at radius 3 is 2.09 bits per heavy atom. The van der Waals surface area contributed by atoms with Gasteiger partial charge < -0.3 is 0 Å². The number of halogens is 1. The van der Waals surface area contributed by atoms with Crippen LogP contribution in [0.3, 0.4) is 0 Å². The van der Waals surface area contributed by atoms with E-state index >= 15 is 0 Å². The predicted octanol–water partition coefficient (Wildman–Crippen LogP) is 4.93. The van der Waals surface area contributed by atoms with Crippen LogP contribution in [-0.4, -0.2) is 13.7 Å². The minimum Gasteiger partial charge on any atom is -0.219 e. The molecule has 22 heavy (non-hydrogen) atoms. The zero-order valence-corrected chi connectivity index (χ0v) is 14.7. The average Bonchev–Trinajstić information content (AvgIpc) is 2.56. The molecule has 0 aliphatic carbocycles. The van der Waals surface area contributed by atoms with E-state index in [1.165, 1.54) is 0 Å². The Kier molecular flexibility index (Phi) is 5.98. The van der Waals surface area contributed by atoms with Crippen LogP contribution in [0.5, 0.6) is 0 Å². The summed E-state index contributed by atoms with van der Waals surface area (Å²) in [4.78, 5) is 0.583. The number of alkyl halides is 1. The van der Waals surface area contributed by atoms with Crippen molar-refractivity contribution in [2.24, 2.45) is 0 Å². The van der Waals surface area contributed by atoms with Gasteiger partial charge in [-0.2, -0.15) is 0 Å². The molecule has 2 nitrogen and oxygen atoms in total. The highest BCUT2D eigenvalue weighted by molar-refractivity contribution is 9.09. The third kappa shape index (κ3) is 4.08. The molecule has 2 aromatic rings. The molecule has 0 heterocycles. The minimum absolute atomic E-state index is 0.145. The molecule has 2 aromatic carbocycles. The summed E-state index contributed by atoms with van der Waals surface area (Å²) in [6, 6.07) is 18.5. The lowest BCUT2D eigenvalue weighted by atomic mass is 9.93. The maximum absolute atomic E-state index is 12.6. The average molecular weight is 379 g/mol. The van der Waals surface area contributed by atoms with Gasteiger partial charge in [0.15, 0.2) is 0 Å². The van der Waals surface area contributed by atoms with Crippen molar-refractivity contribution in [1.29, 1.82) is 0 Å². The summed E-state index contributed by atoms with van der Waals surface area (Å²) < 4.78 is 25.2. The normalized spacial score (nSPS) is 12.8. The van der Waals surface area contributed by atoms with Gasteiger partial charge in [-0.3, -0.25) is 0 Å². The highest BCUT2D eigenvalue weighted by atomic mass is 79.9. The SMILES string of the molecule is C=C(CC(CCBr)c1ccccc1)S(=O)(=O)c1ccccc1. The first kappa shape index (κ1) is 17.0. The van der Waals surface area contributed by atoms with Gasteiger partial charge in [0.1, 0.15) is 0 Å². The van der Waals surface area contributed by atoms with Crippen LogP contribution in [0.25, 0.3) is 0 Å². The van der Waals surface area contributed by atoms with E-state index in [0.717, 1.165) is 17.3 Å². The second-order valence-corrected chi connectivity index (χ2v) is 7.99. The van der Waals surface area contributed by atoms with E-state index in [9.17, 15) is 8.42 Å². The quantitative estimate of drug-likeness (QED) is 0.639. The van der Waals surface area contributed by atoms with E-state index in [4.69, 9.17) is 0 Å². The molecule has 1 unspecified atom stereocenters. The molecule has 0 aromatic heterocycles. The Hall–Kier alpha value is -1.39. The summed E-state index contributed by atoms with van der Waals surface area (Å²) in [5.74, 6) is 0.145. The maximum Gasteiger partial charge on any atom is 0.202 e. The van der Waals surface area contributed by atoms with E-state index in [0.29, 0.717) is 11.3 Å². The predicted molar refractivity (Wildman–Crippen MR) is 95.0 cm³/mol. The Labute approximate surface area is 140 Å². The first-order chi connectivity index (χ1) is 10.6. The number of allylic oxidation sites excluding steroid dienone is 1. The van der Waals surface area contributed by atoms with E-state index in [1.807, 2.05) is 30.3 Å². The monoisotopic (exact) mass is 378 g/mol. The van der Waals surface area contributed by atoms with E-state index in [2.05, 4.69) is 22.5 Å². The maximum atomic E-state index is 12.6. The molecule has 0 saturated heterocycles. The lowest BCUT2D eigenvalue weighted by molar-refractivity contribution is 0.594. The summed E-state index contributed by atoms with van der Waals surface area (Å²) in [7, 11) is -3.47. The van der Waals surface area contributed by atoms with Crippen molar-refractivity contribution in [3.05, 3.63) is 77.7 Å². The van der Waals surface area contributed by atoms with Crippen molar-refractivity contribution < 1.29 is 8.42 Å². The first-order valence-corrected chi connectivity index (χ1v) is 9.75. The molecule has 4 heteroatoms. The molecule has 0 aliphatic heterocycles. The molecule has 0 spiro atoms. The van der Waals surface area contributed by atoms with Crippen LogP contribution < -0.4 is 0 Å². The molecule has 116 valence electrons. The van der Waals surface area contributed by atoms with Crippen LogP contribution in [0.4, 0.5) is 0 Å². The molecule has 0 bridgehead atoms. The van der Waals surface area contributed by atoms with Crippen molar-refractivity contribution >= 4 is 25.8 Å². The Morgan fingerprint density at radius 1 is 1.00 bits per heavy atom. The molecular weight excluding hydrogens is 360 g/mol. The Balaban J connectivity index is 2.22. The summed E-state index contributed by atoms with van der Waals surface area (Å²) >= 11 is 3.45. The molecule has 0 aliphatic rings. The third-order valence-electron chi connectivity index (χ3n) is 3.64. The molecule has 0 saturated carbocycles. The minimum atomic E-state index is -3.47. The Morgan fingerprint density at radius 2 is 1.55 bits per heavy atom. The molecule has 0 amide bonds. The Bertz CT molecular complexity index is 709. The van der Waals surface area contributed by atoms with Crippen molar-refractivity contribution in [1.82, 2.24) is 0 Å². The number of hydrogen-bond acceptors (Lipinski definition) is 2. The van der Waals surface area contributed by atoms with Crippen molar-refractivity contribution in [2.45, 2.75) is 23.7 Å². The molecule has 0 radical (unpaired) electrons. The molecular formula is C18H19BrO2S. The molecule has 0 N–H and O–H groups in total. The van der Waals surface area contributed by atoms with Crippen LogP contribution in [-0.2, 0) is 9.84 Å². The lowest BCUT2D eigenvalue weighted by Crippen LogP contribution is -2.09. The lowest BCUT2D eigenvalue weighted by Gasteiger charge is -2.18. The summed E-state index contributed by atoms with van der Waals surface area (Å²) in [5.41, 5.74) is 1.14. The van der Waals surface area contributed by atoms with Crippen molar-refractivity contribution in [3.63, 3.8) is 0 Å². The van der Waals surface area contributed by atoms with Crippen LogP contribution in [0.1, 0.15) is 24.3 Å². The number of benzene rings is 2. The molecule has 0 fully saturated rings. The summed E-state index contributed by atoms with van der Waals surface area (Å²) in [6.07, 6.45) is 1.31. The zero-order valence-electron chi connectivity index (χ0n) is 12.3. The zero-order chi connectivity index (χ0) is 16.0. The molecule has 2 rings (SSSR count). The fraction of sp³-hybridized carbons (Fsp3) is 0.222. The highest BCUT2D eigenvalue weighted by Crippen LogP contribution is 2.31. The topological polar surface area (TPSA) is 34.1 Å². The van der Waals surface area contributed by atoms with E-state index < -0.39 is 9.84 Å². The third-order valence-corrected chi connectivity index (χ3v) is 5.91. The van der Waals surface area contributed by atoms with Crippen LogP contribution >= 0.6 is 15.9 Å². The van der Waals surface area contributed by atoms with Crippen molar-refractivity contribution in [3.8, 4) is 0 Å². The van der Waals surface area contributed by atoms with Crippen LogP contribution in [0, 0.1) is 0 Å². The van der Waals surface area contributed by atoms with Crippen molar-refractivity contribution in [2.75, 3.05) is 5.33 Å². The second-order valence-electron chi connectivity index (χ2n) is 5.14. The van der Waals surface area contributed by atoms with E-state index in [-0.39, 0.29) is 10.8 Å². The molecule has 1 atom stereocenters. The van der Waals surface area contributed by atoms with Gasteiger partial charge in [-0.1, -0.05) is 71.0 Å². The van der Waals surface area contributed by atoms with Crippen LogP contribution in [0.2, 0.25) is 0 Å². The smallest absolute Gasteiger partial charge is 0.202 e. The van der Waals surface area contributed by atoms with Gasteiger partial charge >= 0.3 is 0 Å². The van der Waals surface area contributed by atoms with Gasteiger partial charge in [-0.15, -0.1) is 0 Å². The highest BCUT2D eigenvalue weighted by Gasteiger charge is 2.22. The largest absolute Gasteiger partial charge is 0.219 e. The van der Waals surface area contributed by atoms with Crippen LogP contribution in [0.15, 0.2) is 77.0 Å². The second kappa shape index (κ2) is 7.75. The van der Waals surface area contributed by atoms with Gasteiger partial charge in [0, 0.05) is 10.2 Å².